The lowest BCUT2D eigenvalue weighted by Crippen LogP contribution is -2.56. The van der Waals surface area contributed by atoms with Crippen LogP contribution < -0.4 is 19.5 Å². The summed E-state index contributed by atoms with van der Waals surface area (Å²) in [6.07, 6.45) is 6.01. The molecule has 48 heavy (non-hydrogen) atoms. The first kappa shape index (κ1) is 31.9. The van der Waals surface area contributed by atoms with Gasteiger partial charge < -0.3 is 19.5 Å². The second-order valence-electron chi connectivity index (χ2n) is 12.9. The molecule has 0 radical (unpaired) electrons. The molecule has 4 aliphatic rings. The van der Waals surface area contributed by atoms with E-state index in [1.807, 2.05) is 66.7 Å². The summed E-state index contributed by atoms with van der Waals surface area (Å²) in [5.41, 5.74) is 0.793. The smallest absolute Gasteiger partial charge is 0.410 e. The SMILES string of the molecule is COc1ccc2c(OC3CC4C(=O)NC5(C(=O)NS(=O)(=O)C6CC6)CC5/C=C\CCCCOC(=O)N4C3)cc(-c3ccccc3)nc2c1. The van der Waals surface area contributed by atoms with E-state index in [1.54, 1.807) is 7.11 Å². The zero-order valence-electron chi connectivity index (χ0n) is 26.6. The number of fused-ring (bicyclic) bond motifs is 3. The molecule has 12 nitrogen and oxygen atoms in total. The molecule has 3 heterocycles. The van der Waals surface area contributed by atoms with Crippen LogP contribution in [0.4, 0.5) is 4.79 Å². The van der Waals surface area contributed by atoms with Gasteiger partial charge in [-0.25, -0.2) is 18.2 Å². The van der Waals surface area contributed by atoms with Gasteiger partial charge in [0.25, 0.3) is 5.91 Å². The molecule has 252 valence electrons. The number of carbonyl (C=O) groups excluding carboxylic acids is 3. The number of hydrogen-bond acceptors (Lipinski definition) is 9. The van der Waals surface area contributed by atoms with E-state index < -0.39 is 50.9 Å². The Balaban J connectivity index is 1.18. The molecule has 3 amide bonds. The summed E-state index contributed by atoms with van der Waals surface area (Å²) in [6, 6.07) is 16.0. The molecule has 1 saturated heterocycles. The highest BCUT2D eigenvalue weighted by atomic mass is 32.2. The molecular formula is C35H38N4O8S. The van der Waals surface area contributed by atoms with E-state index >= 15 is 0 Å². The molecule has 13 heteroatoms. The van der Waals surface area contributed by atoms with Gasteiger partial charge in [-0.2, -0.15) is 0 Å². The molecule has 3 fully saturated rings. The quantitative estimate of drug-likeness (QED) is 0.353. The van der Waals surface area contributed by atoms with Gasteiger partial charge in [-0.1, -0.05) is 42.5 Å². The third-order valence-electron chi connectivity index (χ3n) is 9.47. The van der Waals surface area contributed by atoms with Gasteiger partial charge in [-0.15, -0.1) is 0 Å². The minimum Gasteiger partial charge on any atom is -0.497 e. The van der Waals surface area contributed by atoms with E-state index in [0.717, 1.165) is 17.4 Å². The Morgan fingerprint density at radius 2 is 1.92 bits per heavy atom. The number of nitrogens with one attached hydrogen (secondary N) is 2. The van der Waals surface area contributed by atoms with Crippen LogP contribution in [-0.2, 0) is 24.3 Å². The number of aromatic nitrogens is 1. The fraction of sp³-hybridized carbons (Fsp3) is 0.429. The molecule has 3 aromatic rings. The first-order chi connectivity index (χ1) is 23.2. The van der Waals surface area contributed by atoms with Crippen LogP contribution in [0.3, 0.4) is 0 Å². The van der Waals surface area contributed by atoms with Gasteiger partial charge in [0.1, 0.15) is 29.2 Å². The highest BCUT2D eigenvalue weighted by Gasteiger charge is 2.62. The molecule has 2 N–H and O–H groups in total. The Morgan fingerprint density at radius 1 is 1.10 bits per heavy atom. The zero-order chi connectivity index (χ0) is 33.5. The van der Waals surface area contributed by atoms with Gasteiger partial charge in [0.15, 0.2) is 0 Å². The summed E-state index contributed by atoms with van der Waals surface area (Å²) in [4.78, 5) is 47.1. The molecule has 0 spiro atoms. The Morgan fingerprint density at radius 3 is 2.69 bits per heavy atom. The highest BCUT2D eigenvalue weighted by molar-refractivity contribution is 7.91. The Hall–Kier alpha value is -4.65. The molecule has 2 aromatic carbocycles. The summed E-state index contributed by atoms with van der Waals surface area (Å²) in [7, 11) is -2.25. The minimum atomic E-state index is -3.83. The van der Waals surface area contributed by atoms with Crippen molar-refractivity contribution in [3.05, 3.63) is 66.7 Å². The molecule has 4 atom stereocenters. The molecule has 2 aliphatic carbocycles. The third-order valence-corrected chi connectivity index (χ3v) is 11.3. The van der Waals surface area contributed by atoms with Crippen LogP contribution >= 0.6 is 0 Å². The second-order valence-corrected chi connectivity index (χ2v) is 14.8. The predicted molar refractivity (Wildman–Crippen MR) is 177 cm³/mol. The van der Waals surface area contributed by atoms with Gasteiger partial charge in [-0.05, 0) is 50.7 Å². The van der Waals surface area contributed by atoms with Crippen LogP contribution in [0.15, 0.2) is 66.7 Å². The van der Waals surface area contributed by atoms with Gasteiger partial charge in [-0.3, -0.25) is 19.2 Å². The summed E-state index contributed by atoms with van der Waals surface area (Å²) in [6.45, 7) is 0.269. The lowest BCUT2D eigenvalue weighted by molar-refractivity contribution is -0.131. The number of sulfonamides is 1. The second kappa shape index (κ2) is 12.8. The maximum Gasteiger partial charge on any atom is 0.410 e. The normalized spacial score (nSPS) is 26.7. The number of allylic oxidation sites excluding steroid dienone is 1. The van der Waals surface area contributed by atoms with Crippen LogP contribution in [0.25, 0.3) is 22.2 Å². The van der Waals surface area contributed by atoms with Crippen molar-refractivity contribution >= 4 is 38.8 Å². The first-order valence-electron chi connectivity index (χ1n) is 16.4. The van der Waals surface area contributed by atoms with E-state index in [1.165, 1.54) is 4.90 Å². The number of carbonyl (C=O) groups is 3. The maximum absolute atomic E-state index is 14.0. The molecule has 2 aliphatic heterocycles. The summed E-state index contributed by atoms with van der Waals surface area (Å²) < 4.78 is 45.2. The number of benzene rings is 2. The lowest BCUT2D eigenvalue weighted by atomic mass is 10.1. The number of cyclic esters (lactones) is 1. The molecular weight excluding hydrogens is 636 g/mol. The van der Waals surface area contributed by atoms with Crippen LogP contribution in [-0.4, -0.2) is 79.4 Å². The first-order valence-corrected chi connectivity index (χ1v) is 17.9. The van der Waals surface area contributed by atoms with Crippen molar-refractivity contribution in [3.63, 3.8) is 0 Å². The van der Waals surface area contributed by atoms with Crippen molar-refractivity contribution < 1.29 is 37.0 Å². The van der Waals surface area contributed by atoms with Crippen LogP contribution in [0, 0.1) is 5.92 Å². The lowest BCUT2D eigenvalue weighted by Gasteiger charge is -2.26. The predicted octanol–water partition coefficient (Wildman–Crippen LogP) is 4.09. The van der Waals surface area contributed by atoms with Crippen LogP contribution in [0.2, 0.25) is 0 Å². The molecule has 0 bridgehead atoms. The number of methoxy groups -OCH3 is 1. The Bertz CT molecular complexity index is 1880. The average molecular weight is 675 g/mol. The average Bonchev–Trinajstić information content (AvgIpc) is 4.01. The van der Waals surface area contributed by atoms with E-state index in [-0.39, 0.29) is 31.9 Å². The van der Waals surface area contributed by atoms with Crippen molar-refractivity contribution in [1.29, 1.82) is 0 Å². The zero-order valence-corrected chi connectivity index (χ0v) is 27.4. The van der Waals surface area contributed by atoms with Crippen molar-refractivity contribution in [2.45, 2.75) is 67.9 Å². The maximum atomic E-state index is 14.0. The largest absolute Gasteiger partial charge is 0.497 e. The number of nitrogens with zero attached hydrogens (tertiary/aromatic N) is 2. The van der Waals surface area contributed by atoms with Crippen molar-refractivity contribution in [2.75, 3.05) is 20.3 Å². The van der Waals surface area contributed by atoms with E-state index in [9.17, 15) is 22.8 Å². The van der Waals surface area contributed by atoms with Crippen molar-refractivity contribution in [2.24, 2.45) is 5.92 Å². The number of amides is 3. The standard InChI is InChI=1S/C35H38N4O8S/c1-45-24-12-15-27-29(17-24)36-28(22-9-5-4-6-10-22)19-31(27)47-25-18-30-32(40)37-35(33(41)38-48(43,44)26-13-14-26)20-23(35)11-7-2-3-8-16-46-34(42)39(30)21-25/h4-7,9-12,15,17,19,23,25-26,30H,2-3,8,13-14,16,18,20-21H2,1H3,(H,37,40)(H,38,41)/b11-7-. The monoisotopic (exact) mass is 674 g/mol. The van der Waals surface area contributed by atoms with Crippen molar-refractivity contribution in [3.8, 4) is 22.8 Å². The number of ether oxygens (including phenoxy) is 3. The minimum absolute atomic E-state index is 0.0656. The van der Waals surface area contributed by atoms with E-state index in [2.05, 4.69) is 10.0 Å². The number of pyridine rings is 1. The number of hydrogen-bond donors (Lipinski definition) is 2. The van der Waals surface area contributed by atoms with Gasteiger partial charge in [0, 0.05) is 35.4 Å². The Kier molecular flexibility index (Phi) is 8.48. The summed E-state index contributed by atoms with van der Waals surface area (Å²) in [5.74, 6) is -0.530. The Labute approximate surface area is 278 Å². The fourth-order valence-corrected chi connectivity index (χ4v) is 7.87. The number of rotatable bonds is 7. The molecule has 1 aromatic heterocycles. The van der Waals surface area contributed by atoms with Crippen LogP contribution in [0.1, 0.15) is 44.9 Å². The summed E-state index contributed by atoms with van der Waals surface area (Å²) in [5, 5.41) is 3.00. The molecule has 2 saturated carbocycles. The van der Waals surface area contributed by atoms with Gasteiger partial charge in [0.05, 0.1) is 36.7 Å². The van der Waals surface area contributed by atoms with Gasteiger partial charge >= 0.3 is 6.09 Å². The van der Waals surface area contributed by atoms with Gasteiger partial charge in [0.2, 0.25) is 15.9 Å². The third kappa shape index (κ3) is 6.43. The molecule has 7 rings (SSSR count). The highest BCUT2D eigenvalue weighted by Crippen LogP contribution is 2.46. The fourth-order valence-electron chi connectivity index (χ4n) is 6.50. The summed E-state index contributed by atoms with van der Waals surface area (Å²) >= 11 is 0. The van der Waals surface area contributed by atoms with Crippen LogP contribution in [0.5, 0.6) is 11.5 Å². The topological polar surface area (TPSA) is 153 Å². The van der Waals surface area contributed by atoms with Crippen molar-refractivity contribution in [1.82, 2.24) is 19.9 Å². The van der Waals surface area contributed by atoms with E-state index in [0.29, 0.717) is 48.4 Å². The molecule has 4 unspecified atom stereocenters. The van der Waals surface area contributed by atoms with E-state index in [4.69, 9.17) is 19.2 Å².